The first-order chi connectivity index (χ1) is 9.99. The molecular formula is C17H27NO3. The summed E-state index contributed by atoms with van der Waals surface area (Å²) in [6, 6.07) is 6.01. The molecule has 0 aliphatic carbocycles. The second-order valence-electron chi connectivity index (χ2n) is 5.46. The van der Waals surface area contributed by atoms with Crippen LogP contribution in [0.15, 0.2) is 18.2 Å². The molecule has 1 atom stereocenters. The van der Waals surface area contributed by atoms with E-state index in [4.69, 9.17) is 15.2 Å². The maximum Gasteiger partial charge on any atom is 0.305 e. The zero-order valence-corrected chi connectivity index (χ0v) is 13.5. The van der Waals surface area contributed by atoms with Crippen molar-refractivity contribution in [3.8, 4) is 5.75 Å². The Balaban J connectivity index is 2.69. The van der Waals surface area contributed by atoms with E-state index in [1.165, 1.54) is 5.56 Å². The fourth-order valence-electron chi connectivity index (χ4n) is 2.26. The van der Waals surface area contributed by atoms with Crippen molar-refractivity contribution < 1.29 is 14.3 Å². The number of benzene rings is 1. The van der Waals surface area contributed by atoms with E-state index in [0.717, 1.165) is 24.2 Å². The van der Waals surface area contributed by atoms with Crippen LogP contribution in [0.1, 0.15) is 63.1 Å². The van der Waals surface area contributed by atoms with Crippen molar-refractivity contribution in [1.82, 2.24) is 0 Å². The van der Waals surface area contributed by atoms with Crippen LogP contribution in [0, 0.1) is 0 Å². The van der Waals surface area contributed by atoms with Crippen molar-refractivity contribution in [1.29, 1.82) is 0 Å². The van der Waals surface area contributed by atoms with Crippen LogP contribution in [0.4, 0.5) is 0 Å². The van der Waals surface area contributed by atoms with Crippen LogP contribution in [0.2, 0.25) is 0 Å². The minimum atomic E-state index is -0.160. The summed E-state index contributed by atoms with van der Waals surface area (Å²) in [5.74, 6) is 1.09. The van der Waals surface area contributed by atoms with Crippen LogP contribution >= 0.6 is 0 Å². The lowest BCUT2D eigenvalue weighted by Crippen LogP contribution is -2.13. The third-order valence-corrected chi connectivity index (χ3v) is 3.52. The van der Waals surface area contributed by atoms with E-state index in [2.05, 4.69) is 26.0 Å². The lowest BCUT2D eigenvalue weighted by Gasteiger charge is -2.18. The van der Waals surface area contributed by atoms with Crippen molar-refractivity contribution >= 4 is 5.97 Å². The summed E-state index contributed by atoms with van der Waals surface area (Å²) in [7, 11) is 1.65. The molecule has 0 aliphatic rings. The van der Waals surface area contributed by atoms with Crippen LogP contribution in [0.5, 0.6) is 5.75 Å². The van der Waals surface area contributed by atoms with Gasteiger partial charge in [0, 0.05) is 18.0 Å². The van der Waals surface area contributed by atoms with E-state index in [0.29, 0.717) is 18.9 Å². The molecule has 4 heteroatoms. The number of ether oxygens (including phenoxy) is 2. The Morgan fingerprint density at radius 2 is 2.05 bits per heavy atom. The Morgan fingerprint density at radius 1 is 1.33 bits per heavy atom. The van der Waals surface area contributed by atoms with Crippen molar-refractivity contribution in [2.45, 2.75) is 52.0 Å². The first-order valence-electron chi connectivity index (χ1n) is 7.58. The van der Waals surface area contributed by atoms with Crippen molar-refractivity contribution in [2.75, 3.05) is 13.7 Å². The summed E-state index contributed by atoms with van der Waals surface area (Å²) in [4.78, 5) is 11.3. The fraction of sp³-hybridized carbons (Fsp3) is 0.588. The molecule has 4 nitrogen and oxygen atoms in total. The number of hydrogen-bond donors (Lipinski definition) is 1. The molecule has 0 radical (unpaired) electrons. The SMILES string of the molecule is CCOC(=O)CCCC(N)c1cc(C(C)C)ccc1OC. The lowest BCUT2D eigenvalue weighted by atomic mass is 9.95. The molecule has 0 saturated carbocycles. The van der Waals surface area contributed by atoms with Gasteiger partial charge in [-0.2, -0.15) is 0 Å². The van der Waals surface area contributed by atoms with Gasteiger partial charge in [-0.15, -0.1) is 0 Å². The Kier molecular flexibility index (Phi) is 7.23. The summed E-state index contributed by atoms with van der Waals surface area (Å²) in [6.07, 6.45) is 1.86. The highest BCUT2D eigenvalue weighted by Gasteiger charge is 2.14. The van der Waals surface area contributed by atoms with Gasteiger partial charge in [-0.25, -0.2) is 0 Å². The predicted molar refractivity (Wildman–Crippen MR) is 84.5 cm³/mol. The highest BCUT2D eigenvalue weighted by atomic mass is 16.5. The number of methoxy groups -OCH3 is 1. The fourth-order valence-corrected chi connectivity index (χ4v) is 2.26. The van der Waals surface area contributed by atoms with Crippen molar-refractivity contribution in [2.24, 2.45) is 5.73 Å². The average molecular weight is 293 g/mol. The summed E-state index contributed by atoms with van der Waals surface area (Å²) in [5, 5.41) is 0. The van der Waals surface area contributed by atoms with E-state index in [1.54, 1.807) is 7.11 Å². The minimum Gasteiger partial charge on any atom is -0.496 e. The number of carbonyl (C=O) groups excluding carboxylic acids is 1. The Labute approximate surface area is 127 Å². The van der Waals surface area contributed by atoms with Gasteiger partial charge in [0.2, 0.25) is 0 Å². The topological polar surface area (TPSA) is 61.5 Å². The highest BCUT2D eigenvalue weighted by Crippen LogP contribution is 2.30. The van der Waals surface area contributed by atoms with Gasteiger partial charge in [-0.1, -0.05) is 26.0 Å². The lowest BCUT2D eigenvalue weighted by molar-refractivity contribution is -0.143. The van der Waals surface area contributed by atoms with Gasteiger partial charge in [0.1, 0.15) is 5.75 Å². The zero-order chi connectivity index (χ0) is 15.8. The van der Waals surface area contributed by atoms with E-state index >= 15 is 0 Å². The average Bonchev–Trinajstić information content (AvgIpc) is 2.46. The van der Waals surface area contributed by atoms with E-state index < -0.39 is 0 Å². The molecule has 21 heavy (non-hydrogen) atoms. The Hall–Kier alpha value is -1.55. The van der Waals surface area contributed by atoms with Crippen LogP contribution in [0.3, 0.4) is 0 Å². The quantitative estimate of drug-likeness (QED) is 0.745. The van der Waals surface area contributed by atoms with Gasteiger partial charge < -0.3 is 15.2 Å². The van der Waals surface area contributed by atoms with Crippen LogP contribution in [-0.4, -0.2) is 19.7 Å². The third kappa shape index (κ3) is 5.38. The molecule has 0 aliphatic heterocycles. The van der Waals surface area contributed by atoms with Crippen LogP contribution in [-0.2, 0) is 9.53 Å². The number of hydrogen-bond acceptors (Lipinski definition) is 4. The first-order valence-corrected chi connectivity index (χ1v) is 7.58. The molecule has 0 fully saturated rings. The number of nitrogens with two attached hydrogens (primary N) is 1. The molecule has 118 valence electrons. The van der Waals surface area contributed by atoms with Gasteiger partial charge in [0.25, 0.3) is 0 Å². The van der Waals surface area contributed by atoms with Gasteiger partial charge in [0.05, 0.1) is 13.7 Å². The zero-order valence-electron chi connectivity index (χ0n) is 13.5. The number of rotatable bonds is 8. The first kappa shape index (κ1) is 17.5. The van der Waals surface area contributed by atoms with E-state index in [-0.39, 0.29) is 12.0 Å². The van der Waals surface area contributed by atoms with Gasteiger partial charge >= 0.3 is 5.97 Å². The summed E-state index contributed by atoms with van der Waals surface area (Å²) >= 11 is 0. The van der Waals surface area contributed by atoms with E-state index in [9.17, 15) is 4.79 Å². The molecule has 1 aromatic carbocycles. The van der Waals surface area contributed by atoms with Gasteiger partial charge in [-0.3, -0.25) is 4.79 Å². The second kappa shape index (κ2) is 8.67. The smallest absolute Gasteiger partial charge is 0.305 e. The number of esters is 1. The van der Waals surface area contributed by atoms with Crippen LogP contribution in [0.25, 0.3) is 0 Å². The molecule has 0 amide bonds. The summed E-state index contributed by atoms with van der Waals surface area (Å²) < 4.78 is 10.3. The summed E-state index contributed by atoms with van der Waals surface area (Å²) in [6.45, 7) is 6.54. The molecule has 0 aromatic heterocycles. The summed E-state index contributed by atoms with van der Waals surface area (Å²) in [5.41, 5.74) is 8.52. The number of carbonyl (C=O) groups is 1. The largest absolute Gasteiger partial charge is 0.496 e. The molecule has 1 rings (SSSR count). The van der Waals surface area contributed by atoms with Crippen molar-refractivity contribution in [3.63, 3.8) is 0 Å². The molecule has 0 spiro atoms. The second-order valence-corrected chi connectivity index (χ2v) is 5.46. The predicted octanol–water partition coefficient (Wildman–Crippen LogP) is 3.55. The molecule has 0 saturated heterocycles. The molecule has 2 N–H and O–H groups in total. The Morgan fingerprint density at radius 3 is 2.62 bits per heavy atom. The standard InChI is InChI=1S/C17H27NO3/c1-5-21-17(19)8-6-7-15(18)14-11-13(12(2)3)9-10-16(14)20-4/h9-12,15H,5-8,18H2,1-4H3. The molecule has 1 aromatic rings. The van der Waals surface area contributed by atoms with Gasteiger partial charge in [0.15, 0.2) is 0 Å². The maximum atomic E-state index is 11.3. The highest BCUT2D eigenvalue weighted by molar-refractivity contribution is 5.69. The molecule has 0 heterocycles. The molecule has 0 bridgehead atoms. The van der Waals surface area contributed by atoms with Crippen LogP contribution < -0.4 is 10.5 Å². The molecule has 1 unspecified atom stereocenters. The van der Waals surface area contributed by atoms with Crippen molar-refractivity contribution in [3.05, 3.63) is 29.3 Å². The third-order valence-electron chi connectivity index (χ3n) is 3.52. The van der Waals surface area contributed by atoms with E-state index in [1.807, 2.05) is 13.0 Å². The van der Waals surface area contributed by atoms with Gasteiger partial charge in [-0.05, 0) is 37.3 Å². The maximum absolute atomic E-state index is 11.3. The molecular weight excluding hydrogens is 266 g/mol. The normalized spacial score (nSPS) is 12.3. The monoisotopic (exact) mass is 293 g/mol. The minimum absolute atomic E-state index is 0.131. The Bertz CT molecular complexity index is 457.